The highest BCUT2D eigenvalue weighted by Gasteiger charge is 2.28. The van der Waals surface area contributed by atoms with Crippen molar-refractivity contribution in [1.82, 2.24) is 4.31 Å². The number of aryl methyl sites for hydroxylation is 1. The zero-order valence-corrected chi connectivity index (χ0v) is 20.5. The molecule has 0 bridgehead atoms. The number of ether oxygens (including phenoxy) is 2. The van der Waals surface area contributed by atoms with E-state index in [-0.39, 0.29) is 18.0 Å². The number of hydrogen-bond acceptors (Lipinski definition) is 5. The van der Waals surface area contributed by atoms with Gasteiger partial charge in [-0.05, 0) is 62.2 Å². The molecule has 1 amide bonds. The highest BCUT2D eigenvalue weighted by Crippen LogP contribution is 2.26. The van der Waals surface area contributed by atoms with E-state index in [0.29, 0.717) is 36.0 Å². The van der Waals surface area contributed by atoms with Crippen LogP contribution in [0.1, 0.15) is 25.0 Å². The van der Waals surface area contributed by atoms with Crippen molar-refractivity contribution in [2.75, 3.05) is 25.1 Å². The number of hydrogen-bond donors (Lipinski definition) is 1. The predicted molar refractivity (Wildman–Crippen MR) is 133 cm³/mol. The van der Waals surface area contributed by atoms with Gasteiger partial charge in [0.05, 0.1) is 30.3 Å². The minimum Gasteiger partial charge on any atom is -0.494 e. The molecular weight excluding hydrogens is 452 g/mol. The van der Waals surface area contributed by atoms with Crippen molar-refractivity contribution in [1.29, 1.82) is 0 Å². The Hall–Kier alpha value is -3.36. The third-order valence-electron chi connectivity index (χ3n) is 5.07. The molecule has 0 aliphatic rings. The molecule has 0 aliphatic carbocycles. The first-order valence-corrected chi connectivity index (χ1v) is 12.6. The number of carbonyl (C=O) groups is 1. The molecule has 3 aromatic carbocycles. The normalized spacial score (nSPS) is 11.3. The molecule has 0 unspecified atom stereocenters. The smallest absolute Gasteiger partial charge is 0.243 e. The summed E-state index contributed by atoms with van der Waals surface area (Å²) in [6.07, 6.45) is 0. The van der Waals surface area contributed by atoms with Gasteiger partial charge in [0.2, 0.25) is 15.9 Å². The van der Waals surface area contributed by atoms with Crippen LogP contribution >= 0.6 is 0 Å². The van der Waals surface area contributed by atoms with Gasteiger partial charge < -0.3 is 14.8 Å². The van der Waals surface area contributed by atoms with Crippen LogP contribution in [-0.2, 0) is 21.4 Å². The topological polar surface area (TPSA) is 84.9 Å². The van der Waals surface area contributed by atoms with Gasteiger partial charge >= 0.3 is 0 Å². The van der Waals surface area contributed by atoms with Gasteiger partial charge in [-0.3, -0.25) is 4.79 Å². The zero-order valence-electron chi connectivity index (χ0n) is 19.7. The van der Waals surface area contributed by atoms with Crippen molar-refractivity contribution < 1.29 is 22.7 Å². The SMILES string of the molecule is CCOc1ccc(S(=O)(=O)N(CC(=O)Nc2ccccc2OCC)Cc2ccccc2)cc1C. The fourth-order valence-electron chi connectivity index (χ4n) is 3.46. The van der Waals surface area contributed by atoms with E-state index >= 15 is 0 Å². The first-order chi connectivity index (χ1) is 16.3. The summed E-state index contributed by atoms with van der Waals surface area (Å²) < 4.78 is 39.5. The molecule has 0 aliphatic heterocycles. The minimum absolute atomic E-state index is 0.0515. The lowest BCUT2D eigenvalue weighted by molar-refractivity contribution is -0.116. The number of rotatable bonds is 11. The van der Waals surface area contributed by atoms with Crippen molar-refractivity contribution in [3.05, 3.63) is 83.9 Å². The molecule has 0 fully saturated rings. The van der Waals surface area contributed by atoms with E-state index in [0.717, 1.165) is 5.56 Å². The van der Waals surface area contributed by atoms with Gasteiger partial charge in [-0.2, -0.15) is 4.31 Å². The standard InChI is InChI=1S/C26H30N2O5S/c1-4-32-24-16-15-22(17-20(24)3)34(30,31)28(18-21-11-7-6-8-12-21)19-26(29)27-23-13-9-10-14-25(23)33-5-2/h6-17H,4-5,18-19H2,1-3H3,(H,27,29). The van der Waals surface area contributed by atoms with Crippen LogP contribution in [0, 0.1) is 6.92 Å². The summed E-state index contributed by atoms with van der Waals surface area (Å²) >= 11 is 0. The fraction of sp³-hybridized carbons (Fsp3) is 0.269. The van der Waals surface area contributed by atoms with Crippen LogP contribution in [0.5, 0.6) is 11.5 Å². The van der Waals surface area contributed by atoms with Crippen LogP contribution in [-0.4, -0.2) is 38.4 Å². The Balaban J connectivity index is 1.89. The Labute approximate surface area is 201 Å². The van der Waals surface area contributed by atoms with Crippen molar-refractivity contribution in [2.24, 2.45) is 0 Å². The van der Waals surface area contributed by atoms with Gasteiger partial charge in [-0.25, -0.2) is 8.42 Å². The maximum atomic E-state index is 13.6. The molecule has 7 nitrogen and oxygen atoms in total. The van der Waals surface area contributed by atoms with Crippen LogP contribution in [0.2, 0.25) is 0 Å². The lowest BCUT2D eigenvalue weighted by Gasteiger charge is -2.23. The molecule has 0 aromatic heterocycles. The van der Waals surface area contributed by atoms with Crippen LogP contribution in [0.15, 0.2) is 77.7 Å². The molecule has 0 spiro atoms. The van der Waals surface area contributed by atoms with Gasteiger partial charge in [-0.15, -0.1) is 0 Å². The molecule has 0 saturated heterocycles. The number of sulfonamides is 1. The number of nitrogens with zero attached hydrogens (tertiary/aromatic N) is 1. The highest BCUT2D eigenvalue weighted by atomic mass is 32.2. The summed E-state index contributed by atoms with van der Waals surface area (Å²) in [5.74, 6) is 0.689. The van der Waals surface area contributed by atoms with Crippen molar-refractivity contribution in [2.45, 2.75) is 32.2 Å². The third kappa shape index (κ3) is 6.36. The average molecular weight is 483 g/mol. The Morgan fingerprint density at radius 1 is 0.882 bits per heavy atom. The van der Waals surface area contributed by atoms with Crippen LogP contribution in [0.25, 0.3) is 0 Å². The first kappa shape index (κ1) is 25.3. The molecule has 3 rings (SSSR count). The first-order valence-electron chi connectivity index (χ1n) is 11.1. The van der Waals surface area contributed by atoms with Gasteiger partial charge in [0.1, 0.15) is 11.5 Å². The molecule has 34 heavy (non-hydrogen) atoms. The van der Waals surface area contributed by atoms with Crippen LogP contribution in [0.4, 0.5) is 5.69 Å². The maximum Gasteiger partial charge on any atom is 0.243 e. The summed E-state index contributed by atoms with van der Waals surface area (Å²) in [5.41, 5.74) is 1.97. The fourth-order valence-corrected chi connectivity index (χ4v) is 4.93. The van der Waals surface area contributed by atoms with E-state index in [2.05, 4.69) is 5.32 Å². The van der Waals surface area contributed by atoms with E-state index in [1.165, 1.54) is 10.4 Å². The molecule has 0 saturated carbocycles. The van der Waals surface area contributed by atoms with Gasteiger partial charge in [0.15, 0.2) is 0 Å². The van der Waals surface area contributed by atoms with Gasteiger partial charge in [-0.1, -0.05) is 42.5 Å². The van der Waals surface area contributed by atoms with E-state index in [1.807, 2.05) is 44.2 Å². The Morgan fingerprint density at radius 2 is 1.53 bits per heavy atom. The quantitative estimate of drug-likeness (QED) is 0.431. The zero-order chi connectivity index (χ0) is 24.6. The number of carbonyl (C=O) groups excluding carboxylic acids is 1. The number of benzene rings is 3. The number of amides is 1. The number of para-hydroxylation sites is 2. The molecular formula is C26H30N2O5S. The second kappa shape index (κ2) is 11.7. The summed E-state index contributed by atoms with van der Waals surface area (Å²) in [7, 11) is -3.98. The van der Waals surface area contributed by atoms with Crippen LogP contribution < -0.4 is 14.8 Å². The lowest BCUT2D eigenvalue weighted by Crippen LogP contribution is -2.37. The second-order valence-corrected chi connectivity index (χ2v) is 9.53. The van der Waals surface area contributed by atoms with Crippen molar-refractivity contribution in [3.63, 3.8) is 0 Å². The van der Waals surface area contributed by atoms with Crippen molar-refractivity contribution in [3.8, 4) is 11.5 Å². The Morgan fingerprint density at radius 3 is 2.21 bits per heavy atom. The molecule has 0 atom stereocenters. The van der Waals surface area contributed by atoms with Gasteiger partial charge in [0, 0.05) is 6.54 Å². The molecule has 180 valence electrons. The monoisotopic (exact) mass is 482 g/mol. The molecule has 1 N–H and O–H groups in total. The van der Waals surface area contributed by atoms with E-state index in [1.54, 1.807) is 43.3 Å². The molecule has 0 heterocycles. The van der Waals surface area contributed by atoms with E-state index in [9.17, 15) is 13.2 Å². The third-order valence-corrected chi connectivity index (χ3v) is 6.85. The summed E-state index contributed by atoms with van der Waals surface area (Å²) in [6.45, 7) is 6.14. The highest BCUT2D eigenvalue weighted by molar-refractivity contribution is 7.89. The molecule has 0 radical (unpaired) electrons. The maximum absolute atomic E-state index is 13.6. The summed E-state index contributed by atoms with van der Waals surface area (Å²) in [4.78, 5) is 13.1. The molecule has 3 aromatic rings. The average Bonchev–Trinajstić information content (AvgIpc) is 2.82. The summed E-state index contributed by atoms with van der Waals surface area (Å²) in [6, 6.07) is 21.0. The second-order valence-electron chi connectivity index (χ2n) is 7.60. The Bertz CT molecular complexity index is 1210. The van der Waals surface area contributed by atoms with Crippen molar-refractivity contribution >= 4 is 21.6 Å². The lowest BCUT2D eigenvalue weighted by atomic mass is 10.2. The van der Waals surface area contributed by atoms with Gasteiger partial charge in [0.25, 0.3) is 0 Å². The summed E-state index contributed by atoms with van der Waals surface area (Å²) in [5, 5.41) is 2.78. The largest absolute Gasteiger partial charge is 0.494 e. The van der Waals surface area contributed by atoms with E-state index < -0.39 is 15.9 Å². The Kier molecular flexibility index (Phi) is 8.67. The number of anilines is 1. The number of nitrogens with one attached hydrogen (secondary N) is 1. The molecule has 8 heteroatoms. The van der Waals surface area contributed by atoms with Crippen LogP contribution in [0.3, 0.4) is 0 Å². The predicted octanol–water partition coefficient (Wildman–Crippen LogP) is 4.62. The van der Waals surface area contributed by atoms with E-state index in [4.69, 9.17) is 9.47 Å². The minimum atomic E-state index is -3.98.